The summed E-state index contributed by atoms with van der Waals surface area (Å²) in [7, 11) is 0. The summed E-state index contributed by atoms with van der Waals surface area (Å²) in [6, 6.07) is 22.1. The Labute approximate surface area is 178 Å². The molecule has 0 radical (unpaired) electrons. The van der Waals surface area contributed by atoms with Gasteiger partial charge in [0, 0.05) is 23.4 Å². The van der Waals surface area contributed by atoms with Crippen molar-refractivity contribution in [1.29, 1.82) is 0 Å². The molecule has 5 rings (SSSR count). The fourth-order valence-corrected chi connectivity index (χ4v) is 3.41. The van der Waals surface area contributed by atoms with Crippen molar-refractivity contribution in [3.63, 3.8) is 0 Å². The molecule has 3 heterocycles. The molecule has 5 aromatic rings. The molecule has 0 amide bonds. The first-order valence-electron chi connectivity index (χ1n) is 9.95. The van der Waals surface area contributed by atoms with Gasteiger partial charge in [0.1, 0.15) is 12.1 Å². The van der Waals surface area contributed by atoms with Crippen LogP contribution in [0.3, 0.4) is 0 Å². The van der Waals surface area contributed by atoms with Crippen LogP contribution in [0, 0.1) is 0 Å². The first kappa shape index (κ1) is 18.7. The van der Waals surface area contributed by atoms with E-state index in [-0.39, 0.29) is 5.95 Å². The maximum atomic E-state index is 5.88. The Morgan fingerprint density at radius 3 is 2.45 bits per heavy atom. The summed E-state index contributed by atoms with van der Waals surface area (Å²) in [6.07, 6.45) is 4.87. The second-order valence-electron chi connectivity index (χ2n) is 7.07. The molecule has 3 N–H and O–H groups in total. The molecule has 0 saturated carbocycles. The molecule has 0 aliphatic carbocycles. The summed E-state index contributed by atoms with van der Waals surface area (Å²) in [5, 5.41) is 7.61. The van der Waals surface area contributed by atoms with Gasteiger partial charge in [0.15, 0.2) is 5.65 Å². The Kier molecular flexibility index (Phi) is 4.94. The van der Waals surface area contributed by atoms with Crippen LogP contribution >= 0.6 is 0 Å². The van der Waals surface area contributed by atoms with E-state index in [9.17, 15) is 0 Å². The molecule has 0 aliphatic rings. The second-order valence-corrected chi connectivity index (χ2v) is 7.07. The number of benzene rings is 2. The van der Waals surface area contributed by atoms with E-state index in [1.807, 2.05) is 54.6 Å². The van der Waals surface area contributed by atoms with Gasteiger partial charge < -0.3 is 11.1 Å². The summed E-state index contributed by atoms with van der Waals surface area (Å²) in [4.78, 5) is 17.7. The predicted octanol–water partition coefficient (Wildman–Crippen LogP) is 3.69. The Balaban J connectivity index is 1.51. The highest BCUT2D eigenvalue weighted by molar-refractivity contribution is 5.67. The molecule has 8 heteroatoms. The van der Waals surface area contributed by atoms with Crippen LogP contribution in [0.2, 0.25) is 0 Å². The number of aryl methyl sites for hydroxylation is 2. The van der Waals surface area contributed by atoms with Crippen molar-refractivity contribution in [3.8, 4) is 11.3 Å². The summed E-state index contributed by atoms with van der Waals surface area (Å²) < 4.78 is 1.64. The van der Waals surface area contributed by atoms with Gasteiger partial charge in [-0.25, -0.2) is 15.0 Å². The van der Waals surface area contributed by atoms with Gasteiger partial charge in [-0.15, -0.1) is 0 Å². The number of rotatable bonds is 6. The molecule has 3 aromatic heterocycles. The lowest BCUT2D eigenvalue weighted by molar-refractivity contribution is 0.915. The van der Waals surface area contributed by atoms with E-state index in [0.717, 1.165) is 29.7 Å². The molecule has 0 atom stereocenters. The van der Waals surface area contributed by atoms with Crippen LogP contribution in [0.15, 0.2) is 79.3 Å². The lowest BCUT2D eigenvalue weighted by atomic mass is 10.1. The van der Waals surface area contributed by atoms with Crippen molar-refractivity contribution in [2.45, 2.75) is 12.8 Å². The Bertz CT molecular complexity index is 1320. The van der Waals surface area contributed by atoms with E-state index in [2.05, 4.69) is 37.5 Å². The smallest absolute Gasteiger partial charge is 0.232 e. The van der Waals surface area contributed by atoms with Crippen LogP contribution < -0.4 is 11.1 Å². The van der Waals surface area contributed by atoms with Crippen molar-refractivity contribution < 1.29 is 0 Å². The number of hydrogen-bond donors (Lipinski definition) is 2. The predicted molar refractivity (Wildman–Crippen MR) is 120 cm³/mol. The number of nitrogen functional groups attached to an aromatic ring is 1. The van der Waals surface area contributed by atoms with E-state index < -0.39 is 0 Å². The molecule has 0 bridgehead atoms. The average molecular weight is 408 g/mol. The molecular formula is C23H20N8. The SMILES string of the molecule is Nc1ncc(CCc2ccccc2)c(Nc2nc(-c3ccccc3)cc3ncnn23)n1. The lowest BCUT2D eigenvalue weighted by Gasteiger charge is -2.13. The number of hydrogen-bond acceptors (Lipinski definition) is 7. The van der Waals surface area contributed by atoms with Crippen molar-refractivity contribution in [2.24, 2.45) is 0 Å². The quantitative estimate of drug-likeness (QED) is 0.441. The van der Waals surface area contributed by atoms with Crippen LogP contribution in [-0.4, -0.2) is 29.5 Å². The number of nitrogens with zero attached hydrogens (tertiary/aromatic N) is 6. The number of nitrogens with two attached hydrogens (primary N) is 1. The minimum absolute atomic E-state index is 0.194. The van der Waals surface area contributed by atoms with Gasteiger partial charge in [-0.1, -0.05) is 60.7 Å². The molecule has 0 fully saturated rings. The van der Waals surface area contributed by atoms with Crippen LogP contribution in [-0.2, 0) is 12.8 Å². The van der Waals surface area contributed by atoms with Gasteiger partial charge in [-0.05, 0) is 18.4 Å². The number of anilines is 3. The molecule has 31 heavy (non-hydrogen) atoms. The molecule has 152 valence electrons. The Morgan fingerprint density at radius 2 is 1.65 bits per heavy atom. The molecule has 8 nitrogen and oxygen atoms in total. The third-order valence-corrected chi connectivity index (χ3v) is 4.98. The van der Waals surface area contributed by atoms with Crippen molar-refractivity contribution in [1.82, 2.24) is 29.5 Å². The van der Waals surface area contributed by atoms with Crippen LogP contribution in [0.5, 0.6) is 0 Å². The van der Waals surface area contributed by atoms with Crippen LogP contribution in [0.4, 0.5) is 17.7 Å². The highest BCUT2D eigenvalue weighted by atomic mass is 15.4. The first-order chi connectivity index (χ1) is 15.3. The largest absolute Gasteiger partial charge is 0.368 e. The maximum Gasteiger partial charge on any atom is 0.232 e. The monoisotopic (exact) mass is 408 g/mol. The molecule has 0 spiro atoms. The summed E-state index contributed by atoms with van der Waals surface area (Å²) in [5.74, 6) is 1.31. The highest BCUT2D eigenvalue weighted by Gasteiger charge is 2.13. The van der Waals surface area contributed by atoms with Crippen molar-refractivity contribution in [2.75, 3.05) is 11.1 Å². The maximum absolute atomic E-state index is 5.88. The lowest BCUT2D eigenvalue weighted by Crippen LogP contribution is -2.09. The van der Waals surface area contributed by atoms with E-state index in [0.29, 0.717) is 17.4 Å². The fourth-order valence-electron chi connectivity index (χ4n) is 3.41. The van der Waals surface area contributed by atoms with Gasteiger partial charge in [0.2, 0.25) is 11.9 Å². The molecular weight excluding hydrogens is 388 g/mol. The number of aromatic nitrogens is 6. The van der Waals surface area contributed by atoms with E-state index >= 15 is 0 Å². The van der Waals surface area contributed by atoms with Gasteiger partial charge in [-0.3, -0.25) is 0 Å². The minimum Gasteiger partial charge on any atom is -0.368 e. The minimum atomic E-state index is 0.194. The van der Waals surface area contributed by atoms with Crippen molar-refractivity contribution in [3.05, 3.63) is 90.4 Å². The average Bonchev–Trinajstić information content (AvgIpc) is 3.29. The number of fused-ring (bicyclic) bond motifs is 1. The zero-order valence-corrected chi connectivity index (χ0v) is 16.7. The number of nitrogens with one attached hydrogen (secondary N) is 1. The highest BCUT2D eigenvalue weighted by Crippen LogP contribution is 2.24. The van der Waals surface area contributed by atoms with Gasteiger partial charge in [-0.2, -0.15) is 14.6 Å². The summed E-state index contributed by atoms with van der Waals surface area (Å²) in [6.45, 7) is 0. The topological polar surface area (TPSA) is 107 Å². The first-order valence-corrected chi connectivity index (χ1v) is 9.95. The Morgan fingerprint density at radius 1 is 0.871 bits per heavy atom. The van der Waals surface area contributed by atoms with Crippen molar-refractivity contribution >= 4 is 23.4 Å². The van der Waals surface area contributed by atoms with Crippen LogP contribution in [0.1, 0.15) is 11.1 Å². The fraction of sp³-hybridized carbons (Fsp3) is 0.0870. The van der Waals surface area contributed by atoms with E-state index in [1.54, 1.807) is 10.7 Å². The molecule has 0 aliphatic heterocycles. The van der Waals surface area contributed by atoms with Gasteiger partial charge >= 0.3 is 0 Å². The zero-order chi connectivity index (χ0) is 21.0. The van der Waals surface area contributed by atoms with E-state index in [4.69, 9.17) is 10.7 Å². The van der Waals surface area contributed by atoms with Crippen LogP contribution in [0.25, 0.3) is 16.9 Å². The summed E-state index contributed by atoms with van der Waals surface area (Å²) in [5.41, 5.74) is 10.5. The normalized spacial score (nSPS) is 11.0. The summed E-state index contributed by atoms with van der Waals surface area (Å²) >= 11 is 0. The molecule has 0 unspecified atom stereocenters. The second kappa shape index (κ2) is 8.19. The molecule has 2 aromatic carbocycles. The Hall–Kier alpha value is -4.33. The zero-order valence-electron chi connectivity index (χ0n) is 16.7. The third kappa shape index (κ3) is 4.04. The van der Waals surface area contributed by atoms with Gasteiger partial charge in [0.05, 0.1) is 5.69 Å². The van der Waals surface area contributed by atoms with Gasteiger partial charge in [0.25, 0.3) is 0 Å². The third-order valence-electron chi connectivity index (χ3n) is 4.98. The molecule has 0 saturated heterocycles. The van der Waals surface area contributed by atoms with E-state index in [1.165, 1.54) is 11.9 Å². The standard InChI is InChI=1S/C23H20N8/c24-22-25-14-18(12-11-16-7-3-1-4-8-16)21(29-22)30-23-28-19(17-9-5-2-6-10-17)13-20-26-15-27-31(20)23/h1-10,13-15H,11-12H2,(H3,24,25,28,29,30).